The molecule has 2 heterocycles. The van der Waals surface area contributed by atoms with Crippen molar-refractivity contribution >= 4 is 23.2 Å². The lowest BCUT2D eigenvalue weighted by Crippen LogP contribution is -2.52. The Morgan fingerprint density at radius 1 is 0.750 bits per heavy atom. The summed E-state index contributed by atoms with van der Waals surface area (Å²) in [5, 5.41) is 0. The van der Waals surface area contributed by atoms with Gasteiger partial charge in [-0.25, -0.2) is 4.90 Å². The standard InChI is InChI=1S/C27H24F3N3O3/c28-27(29,30)19-5-4-6-21(17-19)31-13-15-32(16-14-31)24-18-25(34)33(26(24)35)20-9-11-23(12-10-20)36-22-7-2-1-3-8-22/h1-12,17,24H,13-16,18H2/t24-/m0/s1. The highest BCUT2D eigenvalue weighted by Crippen LogP contribution is 2.33. The van der Waals surface area contributed by atoms with Gasteiger partial charge in [-0.2, -0.15) is 13.2 Å². The van der Waals surface area contributed by atoms with Crippen molar-refractivity contribution in [3.63, 3.8) is 0 Å². The molecule has 1 atom stereocenters. The van der Waals surface area contributed by atoms with Gasteiger partial charge in [-0.05, 0) is 54.6 Å². The molecule has 5 rings (SSSR count). The van der Waals surface area contributed by atoms with E-state index in [0.29, 0.717) is 49.1 Å². The van der Waals surface area contributed by atoms with Crippen LogP contribution in [-0.2, 0) is 15.8 Å². The topological polar surface area (TPSA) is 53.1 Å². The Bertz CT molecular complexity index is 1240. The van der Waals surface area contributed by atoms with E-state index < -0.39 is 17.8 Å². The van der Waals surface area contributed by atoms with Gasteiger partial charge in [0.25, 0.3) is 5.91 Å². The second-order valence-electron chi connectivity index (χ2n) is 8.77. The summed E-state index contributed by atoms with van der Waals surface area (Å²) in [6.45, 7) is 1.87. The molecule has 2 amide bonds. The number of halogens is 3. The minimum atomic E-state index is -4.40. The average molecular weight is 496 g/mol. The molecule has 2 saturated heterocycles. The van der Waals surface area contributed by atoms with Crippen LogP contribution in [0.4, 0.5) is 24.5 Å². The molecule has 0 radical (unpaired) electrons. The van der Waals surface area contributed by atoms with Crippen LogP contribution in [0.1, 0.15) is 12.0 Å². The van der Waals surface area contributed by atoms with Crippen LogP contribution in [0.25, 0.3) is 0 Å². The molecule has 6 nitrogen and oxygen atoms in total. The maximum absolute atomic E-state index is 13.2. The van der Waals surface area contributed by atoms with Crippen molar-refractivity contribution in [2.45, 2.75) is 18.6 Å². The number of benzene rings is 3. The molecule has 0 aliphatic carbocycles. The van der Waals surface area contributed by atoms with Crippen molar-refractivity contribution in [1.29, 1.82) is 0 Å². The molecule has 0 unspecified atom stereocenters. The molecule has 0 spiro atoms. The van der Waals surface area contributed by atoms with Crippen molar-refractivity contribution in [2.75, 3.05) is 36.0 Å². The quantitative estimate of drug-likeness (QED) is 0.469. The molecule has 186 valence electrons. The molecular weight excluding hydrogens is 471 g/mol. The molecule has 2 aliphatic rings. The SMILES string of the molecule is O=C1C[C@H](N2CCN(c3cccc(C(F)(F)F)c3)CC2)C(=O)N1c1ccc(Oc2ccccc2)cc1. The van der Waals surface area contributed by atoms with E-state index in [1.54, 1.807) is 30.3 Å². The number of ether oxygens (including phenoxy) is 1. The Morgan fingerprint density at radius 3 is 2.08 bits per heavy atom. The van der Waals surface area contributed by atoms with Gasteiger partial charge in [0.1, 0.15) is 11.5 Å². The summed E-state index contributed by atoms with van der Waals surface area (Å²) in [6, 6.07) is 20.7. The van der Waals surface area contributed by atoms with E-state index in [-0.39, 0.29) is 18.2 Å². The number of nitrogens with zero attached hydrogens (tertiary/aromatic N) is 3. The summed E-state index contributed by atoms with van der Waals surface area (Å²) < 4.78 is 45.0. The Balaban J connectivity index is 1.22. The molecule has 36 heavy (non-hydrogen) atoms. The summed E-state index contributed by atoms with van der Waals surface area (Å²) >= 11 is 0. The fourth-order valence-electron chi connectivity index (χ4n) is 4.63. The van der Waals surface area contributed by atoms with E-state index in [1.807, 2.05) is 40.1 Å². The van der Waals surface area contributed by atoms with E-state index in [9.17, 15) is 22.8 Å². The first-order valence-corrected chi connectivity index (χ1v) is 11.7. The van der Waals surface area contributed by atoms with Crippen LogP contribution >= 0.6 is 0 Å². The zero-order valence-electron chi connectivity index (χ0n) is 19.3. The minimum Gasteiger partial charge on any atom is -0.457 e. The van der Waals surface area contributed by atoms with Crippen LogP contribution < -0.4 is 14.5 Å². The maximum Gasteiger partial charge on any atom is 0.416 e. The van der Waals surface area contributed by atoms with Crippen molar-refractivity contribution in [3.05, 3.63) is 84.4 Å². The van der Waals surface area contributed by atoms with Gasteiger partial charge < -0.3 is 9.64 Å². The molecule has 0 aromatic heterocycles. The summed E-state index contributed by atoms with van der Waals surface area (Å²) in [4.78, 5) is 31.0. The van der Waals surface area contributed by atoms with E-state index in [4.69, 9.17) is 4.74 Å². The first kappa shape index (κ1) is 23.9. The Hall–Kier alpha value is -3.85. The summed E-state index contributed by atoms with van der Waals surface area (Å²) in [6.07, 6.45) is -4.32. The molecule has 2 aliphatic heterocycles. The molecule has 0 bridgehead atoms. The smallest absolute Gasteiger partial charge is 0.416 e. The van der Waals surface area contributed by atoms with Crippen LogP contribution in [0.15, 0.2) is 78.9 Å². The zero-order chi connectivity index (χ0) is 25.3. The molecule has 2 fully saturated rings. The zero-order valence-corrected chi connectivity index (χ0v) is 19.3. The molecule has 0 saturated carbocycles. The van der Waals surface area contributed by atoms with E-state index in [0.717, 1.165) is 12.1 Å². The fraction of sp³-hybridized carbons (Fsp3) is 0.259. The molecule has 3 aromatic rings. The van der Waals surface area contributed by atoms with Crippen molar-refractivity contribution in [1.82, 2.24) is 4.90 Å². The number of hydrogen-bond acceptors (Lipinski definition) is 5. The minimum absolute atomic E-state index is 0.0741. The van der Waals surface area contributed by atoms with Crippen LogP contribution in [-0.4, -0.2) is 48.9 Å². The number of carbonyl (C=O) groups excluding carboxylic acids is 2. The third-order valence-electron chi connectivity index (χ3n) is 6.49. The molecule has 3 aromatic carbocycles. The van der Waals surface area contributed by atoms with Gasteiger partial charge in [-0.3, -0.25) is 14.5 Å². The van der Waals surface area contributed by atoms with Gasteiger partial charge in [0, 0.05) is 31.9 Å². The first-order valence-electron chi connectivity index (χ1n) is 11.7. The van der Waals surface area contributed by atoms with Gasteiger partial charge in [0.05, 0.1) is 23.7 Å². The third-order valence-corrected chi connectivity index (χ3v) is 6.49. The predicted molar refractivity (Wildman–Crippen MR) is 129 cm³/mol. The monoisotopic (exact) mass is 495 g/mol. The predicted octanol–water partition coefficient (Wildman–Crippen LogP) is 4.95. The largest absolute Gasteiger partial charge is 0.457 e. The second-order valence-corrected chi connectivity index (χ2v) is 8.77. The molecular formula is C27H24F3N3O3. The summed E-state index contributed by atoms with van der Waals surface area (Å²) in [5.41, 5.74) is 0.295. The van der Waals surface area contributed by atoms with Crippen LogP contribution in [0.3, 0.4) is 0 Å². The molecule has 0 N–H and O–H groups in total. The third kappa shape index (κ3) is 4.92. The number of piperazine rings is 1. The number of para-hydroxylation sites is 1. The average Bonchev–Trinajstić information content (AvgIpc) is 3.18. The van der Waals surface area contributed by atoms with Gasteiger partial charge >= 0.3 is 6.18 Å². The lowest BCUT2D eigenvalue weighted by molar-refractivity contribution is -0.137. The lowest BCUT2D eigenvalue weighted by Gasteiger charge is -2.38. The number of amides is 2. The summed E-state index contributed by atoms with van der Waals surface area (Å²) in [5.74, 6) is 0.709. The highest BCUT2D eigenvalue weighted by Gasteiger charge is 2.43. The lowest BCUT2D eigenvalue weighted by atomic mass is 10.1. The van der Waals surface area contributed by atoms with Gasteiger partial charge in [-0.1, -0.05) is 24.3 Å². The van der Waals surface area contributed by atoms with Crippen LogP contribution in [0.5, 0.6) is 11.5 Å². The number of alkyl halides is 3. The Morgan fingerprint density at radius 2 is 1.42 bits per heavy atom. The van der Waals surface area contributed by atoms with Crippen molar-refractivity contribution in [2.24, 2.45) is 0 Å². The van der Waals surface area contributed by atoms with Gasteiger partial charge in [0.2, 0.25) is 5.91 Å². The highest BCUT2D eigenvalue weighted by atomic mass is 19.4. The van der Waals surface area contributed by atoms with Gasteiger partial charge in [0.15, 0.2) is 0 Å². The van der Waals surface area contributed by atoms with E-state index in [2.05, 4.69) is 0 Å². The number of hydrogen-bond donors (Lipinski definition) is 0. The highest BCUT2D eigenvalue weighted by molar-refractivity contribution is 6.22. The first-order chi connectivity index (χ1) is 17.3. The summed E-state index contributed by atoms with van der Waals surface area (Å²) in [7, 11) is 0. The maximum atomic E-state index is 13.2. The number of imide groups is 1. The molecule has 9 heteroatoms. The fourth-order valence-corrected chi connectivity index (χ4v) is 4.63. The number of rotatable bonds is 5. The van der Waals surface area contributed by atoms with E-state index >= 15 is 0 Å². The Labute approximate surface area is 206 Å². The van der Waals surface area contributed by atoms with Crippen molar-refractivity contribution < 1.29 is 27.5 Å². The normalized spacial score (nSPS) is 19.1. The van der Waals surface area contributed by atoms with Gasteiger partial charge in [-0.15, -0.1) is 0 Å². The van der Waals surface area contributed by atoms with Crippen LogP contribution in [0.2, 0.25) is 0 Å². The number of carbonyl (C=O) groups is 2. The number of anilines is 2. The van der Waals surface area contributed by atoms with E-state index in [1.165, 1.54) is 11.0 Å². The second kappa shape index (κ2) is 9.66. The van der Waals surface area contributed by atoms with Crippen LogP contribution in [0, 0.1) is 0 Å². The van der Waals surface area contributed by atoms with Crippen molar-refractivity contribution in [3.8, 4) is 11.5 Å². The Kier molecular flexibility index (Phi) is 6.40.